The summed E-state index contributed by atoms with van der Waals surface area (Å²) < 4.78 is 18.8. The molecule has 1 rings (SSSR count). The third-order valence-corrected chi connectivity index (χ3v) is 2.44. The quantitative estimate of drug-likeness (QED) is 0.816. The van der Waals surface area contributed by atoms with Crippen LogP contribution in [-0.4, -0.2) is 18.7 Å². The summed E-state index contributed by atoms with van der Waals surface area (Å²) >= 11 is 5.65. The van der Waals surface area contributed by atoms with E-state index in [9.17, 15) is 4.39 Å². The highest BCUT2D eigenvalue weighted by atomic mass is 35.5. The predicted molar refractivity (Wildman–Crippen MR) is 69.3 cm³/mol. The molecule has 0 aliphatic heterocycles. The van der Waals surface area contributed by atoms with Crippen molar-refractivity contribution in [2.75, 3.05) is 13.2 Å². The van der Waals surface area contributed by atoms with Crippen LogP contribution in [0.25, 0.3) is 0 Å². The Morgan fingerprint density at radius 1 is 1.35 bits per heavy atom. The van der Waals surface area contributed by atoms with Crippen LogP contribution in [0.5, 0.6) is 5.75 Å². The third kappa shape index (κ3) is 5.37. The molecule has 4 heteroatoms. The molecule has 0 bridgehead atoms. The van der Waals surface area contributed by atoms with Crippen LogP contribution in [0.2, 0.25) is 5.02 Å². The molecule has 96 valence electrons. The number of rotatable bonds is 5. The topological polar surface area (TPSA) is 21.3 Å². The zero-order valence-corrected chi connectivity index (χ0v) is 11.3. The van der Waals surface area contributed by atoms with Gasteiger partial charge in [-0.2, -0.15) is 0 Å². The van der Waals surface area contributed by atoms with E-state index in [-0.39, 0.29) is 16.3 Å². The van der Waals surface area contributed by atoms with Crippen LogP contribution in [-0.2, 0) is 0 Å². The normalized spacial score (nSPS) is 11.6. The lowest BCUT2D eigenvalue weighted by Crippen LogP contribution is -2.36. The first kappa shape index (κ1) is 14.3. The van der Waals surface area contributed by atoms with E-state index in [1.165, 1.54) is 6.07 Å². The van der Waals surface area contributed by atoms with Gasteiger partial charge in [-0.15, -0.1) is 0 Å². The number of benzene rings is 1. The average molecular weight is 260 g/mol. The molecule has 0 fully saturated rings. The van der Waals surface area contributed by atoms with Crippen molar-refractivity contribution in [2.45, 2.75) is 32.7 Å². The highest BCUT2D eigenvalue weighted by molar-refractivity contribution is 6.30. The van der Waals surface area contributed by atoms with Gasteiger partial charge < -0.3 is 10.1 Å². The Bertz CT molecular complexity index is 363. The van der Waals surface area contributed by atoms with E-state index in [4.69, 9.17) is 16.3 Å². The summed E-state index contributed by atoms with van der Waals surface area (Å²) in [6.07, 6.45) is 0.823. The standard InChI is InChI=1S/C13H19ClFNO/c1-13(2,3)16-8-5-9-17-11-7-4-6-10(14)12(11)15/h4,6-7,16H,5,8-9H2,1-3H3. The van der Waals surface area contributed by atoms with Crippen LogP contribution >= 0.6 is 11.6 Å². The van der Waals surface area contributed by atoms with Crippen molar-refractivity contribution in [1.29, 1.82) is 0 Å². The molecule has 17 heavy (non-hydrogen) atoms. The molecule has 0 spiro atoms. The van der Waals surface area contributed by atoms with Crippen molar-refractivity contribution in [3.63, 3.8) is 0 Å². The minimum atomic E-state index is -0.488. The Morgan fingerprint density at radius 3 is 2.71 bits per heavy atom. The van der Waals surface area contributed by atoms with Gasteiger partial charge in [0.1, 0.15) is 0 Å². The van der Waals surface area contributed by atoms with Crippen LogP contribution in [0.4, 0.5) is 4.39 Å². The van der Waals surface area contributed by atoms with Gasteiger partial charge in [-0.3, -0.25) is 0 Å². The molecular weight excluding hydrogens is 241 g/mol. The summed E-state index contributed by atoms with van der Waals surface area (Å²) in [4.78, 5) is 0. The van der Waals surface area contributed by atoms with Gasteiger partial charge in [0.05, 0.1) is 11.6 Å². The Hall–Kier alpha value is -0.800. The first-order valence-corrected chi connectivity index (χ1v) is 6.10. The number of halogens is 2. The molecule has 1 aromatic rings. The summed E-state index contributed by atoms with van der Waals surface area (Å²) in [6.45, 7) is 7.62. The zero-order valence-electron chi connectivity index (χ0n) is 10.5. The summed E-state index contributed by atoms with van der Waals surface area (Å²) in [6, 6.07) is 4.76. The second kappa shape index (κ2) is 6.22. The van der Waals surface area contributed by atoms with Gasteiger partial charge in [0.2, 0.25) is 0 Å². The molecule has 0 heterocycles. The average Bonchev–Trinajstić information content (AvgIpc) is 2.22. The van der Waals surface area contributed by atoms with E-state index in [2.05, 4.69) is 26.1 Å². The fourth-order valence-corrected chi connectivity index (χ4v) is 1.48. The molecule has 0 saturated heterocycles. The zero-order chi connectivity index (χ0) is 12.9. The van der Waals surface area contributed by atoms with Gasteiger partial charge in [0.25, 0.3) is 0 Å². The maximum Gasteiger partial charge on any atom is 0.183 e. The van der Waals surface area contributed by atoms with Crippen LogP contribution < -0.4 is 10.1 Å². The van der Waals surface area contributed by atoms with E-state index in [1.807, 2.05) is 0 Å². The first-order chi connectivity index (χ1) is 7.90. The monoisotopic (exact) mass is 259 g/mol. The number of hydrogen-bond acceptors (Lipinski definition) is 2. The molecule has 2 nitrogen and oxygen atoms in total. The van der Waals surface area contributed by atoms with Crippen LogP contribution in [0.15, 0.2) is 18.2 Å². The Labute approximate surface area is 107 Å². The van der Waals surface area contributed by atoms with Crippen molar-refractivity contribution in [3.05, 3.63) is 29.0 Å². The van der Waals surface area contributed by atoms with Gasteiger partial charge in [0.15, 0.2) is 11.6 Å². The van der Waals surface area contributed by atoms with E-state index in [0.717, 1.165) is 13.0 Å². The van der Waals surface area contributed by atoms with Gasteiger partial charge in [-0.1, -0.05) is 17.7 Å². The van der Waals surface area contributed by atoms with Gasteiger partial charge in [-0.05, 0) is 45.9 Å². The SMILES string of the molecule is CC(C)(C)NCCCOc1cccc(Cl)c1F. The van der Waals surface area contributed by atoms with Crippen molar-refractivity contribution in [3.8, 4) is 5.75 Å². The van der Waals surface area contributed by atoms with E-state index in [0.29, 0.717) is 6.61 Å². The van der Waals surface area contributed by atoms with Crippen LogP contribution in [0.3, 0.4) is 0 Å². The molecule has 0 saturated carbocycles. The fourth-order valence-electron chi connectivity index (χ4n) is 1.31. The number of ether oxygens (including phenoxy) is 1. The smallest absolute Gasteiger partial charge is 0.183 e. The highest BCUT2D eigenvalue weighted by Gasteiger charge is 2.09. The maximum absolute atomic E-state index is 13.4. The summed E-state index contributed by atoms with van der Waals surface area (Å²) in [5.74, 6) is -0.272. The van der Waals surface area contributed by atoms with Gasteiger partial charge in [0, 0.05) is 5.54 Å². The molecule has 0 amide bonds. The summed E-state index contributed by atoms with van der Waals surface area (Å²) in [5.41, 5.74) is 0.0985. The van der Waals surface area contributed by atoms with Crippen LogP contribution in [0, 0.1) is 5.82 Å². The largest absolute Gasteiger partial charge is 0.490 e. The second-order valence-electron chi connectivity index (χ2n) is 4.93. The molecule has 1 N–H and O–H groups in total. The number of hydrogen-bond donors (Lipinski definition) is 1. The molecule has 0 aliphatic carbocycles. The lowest BCUT2D eigenvalue weighted by atomic mass is 10.1. The van der Waals surface area contributed by atoms with Gasteiger partial charge in [-0.25, -0.2) is 4.39 Å². The Balaban J connectivity index is 2.29. The lowest BCUT2D eigenvalue weighted by molar-refractivity contribution is 0.285. The Morgan fingerprint density at radius 2 is 2.06 bits per heavy atom. The van der Waals surface area contributed by atoms with Crippen molar-refractivity contribution < 1.29 is 9.13 Å². The summed E-state index contributed by atoms with van der Waals surface area (Å²) in [5, 5.41) is 3.43. The highest BCUT2D eigenvalue weighted by Crippen LogP contribution is 2.23. The summed E-state index contributed by atoms with van der Waals surface area (Å²) in [7, 11) is 0. The Kier molecular flexibility index (Phi) is 5.22. The first-order valence-electron chi connectivity index (χ1n) is 5.72. The van der Waals surface area contributed by atoms with Crippen molar-refractivity contribution >= 4 is 11.6 Å². The minimum Gasteiger partial charge on any atom is -0.490 e. The van der Waals surface area contributed by atoms with Crippen molar-refractivity contribution in [2.24, 2.45) is 0 Å². The lowest BCUT2D eigenvalue weighted by Gasteiger charge is -2.20. The molecule has 0 radical (unpaired) electrons. The minimum absolute atomic E-state index is 0.0929. The second-order valence-corrected chi connectivity index (χ2v) is 5.34. The van der Waals surface area contributed by atoms with E-state index >= 15 is 0 Å². The fraction of sp³-hybridized carbons (Fsp3) is 0.538. The maximum atomic E-state index is 13.4. The van der Waals surface area contributed by atoms with Crippen LogP contribution in [0.1, 0.15) is 27.2 Å². The molecule has 1 aromatic carbocycles. The molecule has 0 aliphatic rings. The molecule has 0 atom stereocenters. The predicted octanol–water partition coefficient (Wildman–Crippen LogP) is 3.64. The van der Waals surface area contributed by atoms with Gasteiger partial charge >= 0.3 is 0 Å². The van der Waals surface area contributed by atoms with E-state index < -0.39 is 5.82 Å². The number of nitrogens with one attached hydrogen (secondary N) is 1. The molecule has 0 aromatic heterocycles. The van der Waals surface area contributed by atoms with Crippen molar-refractivity contribution in [1.82, 2.24) is 5.32 Å². The third-order valence-electron chi connectivity index (χ3n) is 2.15. The molecular formula is C13H19ClFNO. The molecule has 0 unspecified atom stereocenters. The van der Waals surface area contributed by atoms with E-state index in [1.54, 1.807) is 12.1 Å².